The zero-order valence-electron chi connectivity index (χ0n) is 48.4. The molecule has 0 heterocycles. The Labute approximate surface area is 514 Å². The molecule has 0 saturated carbocycles. The van der Waals surface area contributed by atoms with E-state index in [1.807, 2.05) is 0 Å². The molecule has 416 valence electrons. The van der Waals surface area contributed by atoms with Crippen LogP contribution in [0.2, 0.25) is 0 Å². The van der Waals surface area contributed by atoms with Gasteiger partial charge in [0.2, 0.25) is 0 Å². The van der Waals surface area contributed by atoms with Gasteiger partial charge in [-0.3, -0.25) is 0 Å². The molecule has 0 bridgehead atoms. The molecule has 88 heavy (non-hydrogen) atoms. The van der Waals surface area contributed by atoms with Crippen molar-refractivity contribution in [3.63, 3.8) is 0 Å². The Morgan fingerprint density at radius 3 is 0.489 bits per heavy atom. The first-order valence-electron chi connectivity index (χ1n) is 30.0. The average Bonchev–Trinajstić information content (AvgIpc) is 3.43. The number of benzene rings is 15. The Balaban J connectivity index is 0.793. The van der Waals surface area contributed by atoms with Crippen molar-refractivity contribution in [2.24, 2.45) is 0 Å². The highest BCUT2D eigenvalue weighted by Gasteiger charge is 2.21. The molecule has 0 N–H and O–H groups in total. The summed E-state index contributed by atoms with van der Waals surface area (Å²) in [6.07, 6.45) is 0. The number of anilines is 12. The molecule has 0 aliphatic rings. The van der Waals surface area contributed by atoms with Crippen molar-refractivity contribution in [3.05, 3.63) is 364 Å². The van der Waals surface area contributed by atoms with Crippen molar-refractivity contribution in [1.29, 1.82) is 0 Å². The van der Waals surface area contributed by atoms with E-state index in [4.69, 9.17) is 0 Å². The second-order valence-corrected chi connectivity index (χ2v) is 22.2. The highest BCUT2D eigenvalue weighted by molar-refractivity contribution is 5.92. The van der Waals surface area contributed by atoms with Gasteiger partial charge in [-0.05, 0) is 229 Å². The Bertz CT molecular complexity index is 4360. The summed E-state index contributed by atoms with van der Waals surface area (Å²) in [4.78, 5) is 9.36. The summed E-state index contributed by atoms with van der Waals surface area (Å²) in [7, 11) is 0. The minimum atomic E-state index is 1.03. The van der Waals surface area contributed by atoms with Crippen LogP contribution in [0.3, 0.4) is 0 Å². The average molecular weight is 1130 g/mol. The van der Waals surface area contributed by atoms with Gasteiger partial charge in [-0.15, -0.1) is 0 Å². The third-order valence-electron chi connectivity index (χ3n) is 16.8. The fraction of sp³-hybridized carbons (Fsp3) is 0. The molecule has 15 rings (SSSR count). The minimum Gasteiger partial charge on any atom is -0.311 e. The lowest BCUT2D eigenvalue weighted by atomic mass is 10.0. The molecule has 0 aromatic heterocycles. The van der Waals surface area contributed by atoms with E-state index >= 15 is 0 Å². The first-order chi connectivity index (χ1) is 43.6. The fourth-order valence-corrected chi connectivity index (χ4v) is 12.3. The predicted molar refractivity (Wildman–Crippen MR) is 374 cm³/mol. The Hall–Kier alpha value is -11.7. The molecule has 15 aromatic rings. The molecule has 15 aromatic carbocycles. The Morgan fingerprint density at radius 2 is 0.273 bits per heavy atom. The van der Waals surface area contributed by atoms with Crippen molar-refractivity contribution in [2.45, 2.75) is 0 Å². The van der Waals surface area contributed by atoms with Crippen molar-refractivity contribution in [3.8, 4) is 33.4 Å². The quantitative estimate of drug-likeness (QED) is 0.101. The summed E-state index contributed by atoms with van der Waals surface area (Å²) in [5, 5.41) is 7.42. The zero-order chi connectivity index (χ0) is 58.6. The van der Waals surface area contributed by atoms with Crippen LogP contribution in [0.5, 0.6) is 0 Å². The van der Waals surface area contributed by atoms with Gasteiger partial charge in [0, 0.05) is 68.2 Å². The van der Waals surface area contributed by atoms with Crippen LogP contribution < -0.4 is 19.6 Å². The van der Waals surface area contributed by atoms with Crippen LogP contribution >= 0.6 is 0 Å². The van der Waals surface area contributed by atoms with Crippen LogP contribution in [0.1, 0.15) is 0 Å². The minimum absolute atomic E-state index is 1.03. The SMILES string of the molecule is c1ccc(N(c2ccc(-c3ccc4ccccc4c3)cc2)c2ccc(N(c3ccc(N(c4ccccc4)c4ccc(-c5ccc6ccccc6c5)cc4)cc3)c3ccc(N(c4ccccc4)c4ccc(-c5ccc6ccccc6c5)cc4)cc3)cc2)cc1. The molecule has 0 aliphatic carbocycles. The zero-order valence-corrected chi connectivity index (χ0v) is 48.4. The summed E-state index contributed by atoms with van der Waals surface area (Å²) >= 11 is 0. The van der Waals surface area contributed by atoms with Gasteiger partial charge in [-0.1, -0.05) is 200 Å². The molecular formula is C84H60N4. The Kier molecular flexibility index (Phi) is 14.3. The summed E-state index contributed by atoms with van der Waals surface area (Å²) in [6, 6.07) is 131. The van der Waals surface area contributed by atoms with Crippen molar-refractivity contribution < 1.29 is 0 Å². The summed E-state index contributed by atoms with van der Waals surface area (Å²) < 4.78 is 0. The number of rotatable bonds is 15. The second kappa shape index (κ2) is 23.7. The van der Waals surface area contributed by atoms with E-state index in [2.05, 4.69) is 384 Å². The van der Waals surface area contributed by atoms with E-state index in [9.17, 15) is 0 Å². The molecule has 0 saturated heterocycles. The van der Waals surface area contributed by atoms with Crippen LogP contribution in [-0.4, -0.2) is 0 Å². The second-order valence-electron chi connectivity index (χ2n) is 22.2. The maximum absolute atomic E-state index is 2.36. The predicted octanol–water partition coefficient (Wildman–Crippen LogP) is 24.0. The molecular weight excluding hydrogens is 1060 g/mol. The normalized spacial score (nSPS) is 11.2. The van der Waals surface area contributed by atoms with Gasteiger partial charge < -0.3 is 19.6 Å². The van der Waals surface area contributed by atoms with Crippen LogP contribution in [0.4, 0.5) is 68.2 Å². The molecule has 0 atom stereocenters. The van der Waals surface area contributed by atoms with E-state index in [0.29, 0.717) is 0 Å². The van der Waals surface area contributed by atoms with Gasteiger partial charge in [0.05, 0.1) is 0 Å². The van der Waals surface area contributed by atoms with Crippen molar-refractivity contribution in [1.82, 2.24) is 0 Å². The first-order valence-corrected chi connectivity index (χ1v) is 30.0. The largest absolute Gasteiger partial charge is 0.311 e. The molecule has 0 aliphatic heterocycles. The number of nitrogens with zero attached hydrogens (tertiary/aromatic N) is 4. The van der Waals surface area contributed by atoms with Gasteiger partial charge >= 0.3 is 0 Å². The molecule has 0 spiro atoms. The Morgan fingerprint density at radius 1 is 0.114 bits per heavy atom. The molecule has 4 heteroatoms. The van der Waals surface area contributed by atoms with Crippen LogP contribution in [0, 0.1) is 0 Å². The third-order valence-corrected chi connectivity index (χ3v) is 16.8. The fourth-order valence-electron chi connectivity index (χ4n) is 12.3. The first kappa shape index (κ1) is 53.0. The maximum Gasteiger partial charge on any atom is 0.0463 e. The lowest BCUT2D eigenvalue weighted by Gasteiger charge is -2.30. The highest BCUT2D eigenvalue weighted by atomic mass is 15.2. The lowest BCUT2D eigenvalue weighted by molar-refractivity contribution is 1.24. The van der Waals surface area contributed by atoms with E-state index < -0.39 is 0 Å². The smallest absolute Gasteiger partial charge is 0.0463 e. The van der Waals surface area contributed by atoms with Crippen LogP contribution in [-0.2, 0) is 0 Å². The van der Waals surface area contributed by atoms with Crippen LogP contribution in [0.25, 0.3) is 65.7 Å². The lowest BCUT2D eigenvalue weighted by Crippen LogP contribution is -2.14. The summed E-state index contributed by atoms with van der Waals surface area (Å²) in [6.45, 7) is 0. The van der Waals surface area contributed by atoms with Crippen LogP contribution in [0.15, 0.2) is 364 Å². The summed E-state index contributed by atoms with van der Waals surface area (Å²) in [5.41, 5.74) is 19.8. The molecule has 0 radical (unpaired) electrons. The van der Waals surface area contributed by atoms with Gasteiger partial charge in [0.15, 0.2) is 0 Å². The van der Waals surface area contributed by atoms with E-state index in [1.165, 1.54) is 65.7 Å². The van der Waals surface area contributed by atoms with E-state index in [0.717, 1.165) is 68.2 Å². The topological polar surface area (TPSA) is 13.0 Å². The number of fused-ring (bicyclic) bond motifs is 3. The third kappa shape index (κ3) is 10.8. The number of hydrogen-bond acceptors (Lipinski definition) is 4. The number of para-hydroxylation sites is 3. The van der Waals surface area contributed by atoms with Crippen molar-refractivity contribution >= 4 is 101 Å². The molecule has 0 unspecified atom stereocenters. The molecule has 0 fully saturated rings. The number of hydrogen-bond donors (Lipinski definition) is 0. The molecule has 4 nitrogen and oxygen atoms in total. The summed E-state index contributed by atoms with van der Waals surface area (Å²) in [5.74, 6) is 0. The van der Waals surface area contributed by atoms with Gasteiger partial charge in [0.1, 0.15) is 0 Å². The van der Waals surface area contributed by atoms with Gasteiger partial charge in [0.25, 0.3) is 0 Å². The van der Waals surface area contributed by atoms with Crippen molar-refractivity contribution in [2.75, 3.05) is 19.6 Å². The van der Waals surface area contributed by atoms with E-state index in [1.54, 1.807) is 0 Å². The highest BCUT2D eigenvalue weighted by Crippen LogP contribution is 2.44. The molecule has 0 amide bonds. The van der Waals surface area contributed by atoms with Gasteiger partial charge in [-0.25, -0.2) is 0 Å². The standard InChI is InChI=1S/C84H60N4/c1-4-22-73(23-5-1)85(76-40-34-64(35-41-76)70-31-28-61-16-10-13-19-67(61)58-70)79-46-52-82(53-47-79)88(83-54-48-80(49-55-83)86(74-24-6-2-7-25-74)77-42-36-65(37-43-77)71-32-29-62-17-11-14-20-68(62)59-71)84-56-50-81(51-57-84)87(75-26-8-3-9-27-75)78-44-38-66(39-45-78)72-33-30-63-18-12-15-21-69(63)60-72/h1-60H. The maximum atomic E-state index is 2.36. The van der Waals surface area contributed by atoms with E-state index in [-0.39, 0.29) is 0 Å². The monoisotopic (exact) mass is 1120 g/mol. The van der Waals surface area contributed by atoms with Gasteiger partial charge in [-0.2, -0.15) is 0 Å².